The Morgan fingerprint density at radius 3 is 2.53 bits per heavy atom. The third-order valence-electron chi connectivity index (χ3n) is 2.60. The van der Waals surface area contributed by atoms with E-state index in [2.05, 4.69) is 6.92 Å². The summed E-state index contributed by atoms with van der Waals surface area (Å²) in [7, 11) is -3.38. The van der Waals surface area contributed by atoms with Crippen molar-refractivity contribution in [1.82, 2.24) is 0 Å². The molecule has 0 radical (unpaired) electrons. The number of nitrogen functional groups attached to an aromatic ring is 1. The van der Waals surface area contributed by atoms with Gasteiger partial charge in [0.25, 0.3) is 0 Å². The van der Waals surface area contributed by atoms with Gasteiger partial charge >= 0.3 is 0 Å². The fourth-order valence-corrected chi connectivity index (χ4v) is 2.92. The number of benzene rings is 1. The molecule has 1 aromatic carbocycles. The summed E-state index contributed by atoms with van der Waals surface area (Å²) < 4.78 is 36.9. The van der Waals surface area contributed by atoms with Gasteiger partial charge in [-0.2, -0.15) is 0 Å². The summed E-state index contributed by atoms with van der Waals surface area (Å²) in [5.74, 6) is -0.615. The van der Waals surface area contributed by atoms with Crippen molar-refractivity contribution >= 4 is 15.5 Å². The van der Waals surface area contributed by atoms with E-state index in [-0.39, 0.29) is 16.3 Å². The topological polar surface area (TPSA) is 60.2 Å². The number of hydrogen-bond acceptors (Lipinski definition) is 3. The number of sulfone groups is 1. The van der Waals surface area contributed by atoms with E-state index in [1.54, 1.807) is 0 Å². The van der Waals surface area contributed by atoms with Crippen LogP contribution in [0.25, 0.3) is 0 Å². The molecule has 3 nitrogen and oxygen atoms in total. The zero-order valence-corrected chi connectivity index (χ0v) is 10.8. The van der Waals surface area contributed by atoms with Crippen LogP contribution in [-0.2, 0) is 9.84 Å². The van der Waals surface area contributed by atoms with E-state index >= 15 is 0 Å². The first-order valence-corrected chi connectivity index (χ1v) is 7.40. The SMILES string of the molecule is CCCCCCS(=O)(=O)c1ccc(N)c(F)c1. The molecule has 96 valence electrons. The van der Waals surface area contributed by atoms with Crippen molar-refractivity contribution in [2.24, 2.45) is 0 Å². The zero-order valence-electron chi connectivity index (χ0n) is 9.95. The number of halogens is 1. The first-order valence-electron chi connectivity index (χ1n) is 5.75. The lowest BCUT2D eigenvalue weighted by Gasteiger charge is -2.05. The number of nitrogens with two attached hydrogens (primary N) is 1. The molecule has 0 heterocycles. The van der Waals surface area contributed by atoms with Gasteiger partial charge in [-0.3, -0.25) is 0 Å². The van der Waals surface area contributed by atoms with E-state index < -0.39 is 15.7 Å². The molecule has 2 N–H and O–H groups in total. The minimum absolute atomic E-state index is 0.0145. The van der Waals surface area contributed by atoms with E-state index in [1.807, 2.05) is 0 Å². The second-order valence-electron chi connectivity index (χ2n) is 4.06. The van der Waals surface area contributed by atoms with Crippen molar-refractivity contribution in [3.8, 4) is 0 Å². The highest BCUT2D eigenvalue weighted by atomic mass is 32.2. The van der Waals surface area contributed by atoms with Crippen LogP contribution in [0.5, 0.6) is 0 Å². The molecule has 1 aromatic rings. The molecule has 0 amide bonds. The number of rotatable bonds is 6. The maximum absolute atomic E-state index is 13.2. The molecule has 0 aliphatic rings. The molecule has 0 atom stereocenters. The Morgan fingerprint density at radius 2 is 1.94 bits per heavy atom. The maximum atomic E-state index is 13.2. The molecule has 0 aromatic heterocycles. The van der Waals surface area contributed by atoms with Gasteiger partial charge in [0.15, 0.2) is 9.84 Å². The second-order valence-corrected chi connectivity index (χ2v) is 6.17. The monoisotopic (exact) mass is 259 g/mol. The van der Waals surface area contributed by atoms with Crippen LogP contribution in [0, 0.1) is 5.82 Å². The highest BCUT2D eigenvalue weighted by Gasteiger charge is 2.15. The standard InChI is InChI=1S/C12H18FNO2S/c1-2-3-4-5-8-17(15,16)10-6-7-12(14)11(13)9-10/h6-7,9H,2-5,8,14H2,1H3. The van der Waals surface area contributed by atoms with Crippen LogP contribution >= 0.6 is 0 Å². The van der Waals surface area contributed by atoms with Crippen molar-refractivity contribution < 1.29 is 12.8 Å². The van der Waals surface area contributed by atoms with Crippen molar-refractivity contribution in [2.45, 2.75) is 37.5 Å². The van der Waals surface area contributed by atoms with Crippen molar-refractivity contribution in [2.75, 3.05) is 11.5 Å². The summed E-state index contributed by atoms with van der Waals surface area (Å²) in [6.45, 7) is 2.06. The zero-order chi connectivity index (χ0) is 12.9. The summed E-state index contributed by atoms with van der Waals surface area (Å²) in [4.78, 5) is 0.0145. The summed E-state index contributed by atoms with van der Waals surface area (Å²) in [5.41, 5.74) is 5.27. The van der Waals surface area contributed by atoms with Gasteiger partial charge in [0, 0.05) is 0 Å². The van der Waals surface area contributed by atoms with Crippen LogP contribution in [0.1, 0.15) is 32.6 Å². The third kappa shape index (κ3) is 4.00. The fraction of sp³-hybridized carbons (Fsp3) is 0.500. The summed E-state index contributed by atoms with van der Waals surface area (Å²) in [6, 6.07) is 3.63. The Balaban J connectivity index is 2.72. The predicted octanol–water partition coefficient (Wildman–Crippen LogP) is 2.76. The molecule has 0 spiro atoms. The third-order valence-corrected chi connectivity index (χ3v) is 4.40. The van der Waals surface area contributed by atoms with Gasteiger partial charge in [-0.15, -0.1) is 0 Å². The summed E-state index contributed by atoms with van der Waals surface area (Å²) >= 11 is 0. The number of unbranched alkanes of at least 4 members (excludes halogenated alkanes) is 3. The normalized spacial score (nSPS) is 11.6. The molecule has 0 bridgehead atoms. The van der Waals surface area contributed by atoms with Gasteiger partial charge in [0.1, 0.15) is 5.82 Å². The van der Waals surface area contributed by atoms with Crippen LogP contribution in [0.4, 0.5) is 10.1 Å². The maximum Gasteiger partial charge on any atom is 0.178 e. The van der Waals surface area contributed by atoms with E-state index in [1.165, 1.54) is 12.1 Å². The van der Waals surface area contributed by atoms with Crippen molar-refractivity contribution in [3.63, 3.8) is 0 Å². The molecular formula is C12H18FNO2S. The Bertz CT molecular complexity index is 471. The summed E-state index contributed by atoms with van der Waals surface area (Å²) in [6.07, 6.45) is 3.57. The molecule has 0 aliphatic heterocycles. The molecular weight excluding hydrogens is 241 g/mol. The smallest absolute Gasteiger partial charge is 0.178 e. The van der Waals surface area contributed by atoms with E-state index in [0.717, 1.165) is 25.3 Å². The first-order chi connectivity index (χ1) is 7.97. The Labute approximate surface area is 102 Å². The molecule has 0 unspecified atom stereocenters. The average Bonchev–Trinajstić information content (AvgIpc) is 2.28. The van der Waals surface area contributed by atoms with E-state index in [0.29, 0.717) is 6.42 Å². The second kappa shape index (κ2) is 6.00. The Kier molecular flexibility index (Phi) is 4.93. The quantitative estimate of drug-likeness (QED) is 0.631. The average molecular weight is 259 g/mol. The highest BCUT2D eigenvalue weighted by Crippen LogP contribution is 2.18. The lowest BCUT2D eigenvalue weighted by molar-refractivity contribution is 0.585. The van der Waals surface area contributed by atoms with Crippen LogP contribution < -0.4 is 5.73 Å². The van der Waals surface area contributed by atoms with Crippen LogP contribution in [0.15, 0.2) is 23.1 Å². The molecule has 5 heteroatoms. The number of hydrogen-bond donors (Lipinski definition) is 1. The van der Waals surface area contributed by atoms with Crippen molar-refractivity contribution in [1.29, 1.82) is 0 Å². The van der Waals surface area contributed by atoms with Crippen molar-refractivity contribution in [3.05, 3.63) is 24.0 Å². The van der Waals surface area contributed by atoms with Crippen LogP contribution in [0.3, 0.4) is 0 Å². The van der Waals surface area contributed by atoms with Gasteiger partial charge in [-0.25, -0.2) is 12.8 Å². The molecule has 0 saturated carbocycles. The lowest BCUT2D eigenvalue weighted by atomic mass is 10.2. The molecule has 1 rings (SSSR count). The lowest BCUT2D eigenvalue weighted by Crippen LogP contribution is -2.07. The Morgan fingerprint density at radius 1 is 1.24 bits per heavy atom. The largest absolute Gasteiger partial charge is 0.396 e. The molecule has 0 fully saturated rings. The minimum atomic E-state index is -3.38. The van der Waals surface area contributed by atoms with Gasteiger partial charge in [-0.1, -0.05) is 26.2 Å². The highest BCUT2D eigenvalue weighted by molar-refractivity contribution is 7.91. The van der Waals surface area contributed by atoms with Crippen LogP contribution in [0.2, 0.25) is 0 Å². The van der Waals surface area contributed by atoms with Crippen LogP contribution in [-0.4, -0.2) is 14.2 Å². The predicted molar refractivity (Wildman–Crippen MR) is 67.0 cm³/mol. The Hall–Kier alpha value is -1.10. The molecule has 0 saturated heterocycles. The van der Waals surface area contributed by atoms with Gasteiger partial charge < -0.3 is 5.73 Å². The first kappa shape index (κ1) is 14.0. The van der Waals surface area contributed by atoms with E-state index in [9.17, 15) is 12.8 Å². The molecule has 17 heavy (non-hydrogen) atoms. The molecule has 0 aliphatic carbocycles. The fourth-order valence-electron chi connectivity index (χ4n) is 1.54. The van der Waals surface area contributed by atoms with Gasteiger partial charge in [0.05, 0.1) is 16.3 Å². The summed E-state index contributed by atoms with van der Waals surface area (Å²) in [5, 5.41) is 0. The van der Waals surface area contributed by atoms with Gasteiger partial charge in [0.2, 0.25) is 0 Å². The minimum Gasteiger partial charge on any atom is -0.396 e. The van der Waals surface area contributed by atoms with Gasteiger partial charge in [-0.05, 0) is 24.6 Å². The van der Waals surface area contributed by atoms with E-state index in [4.69, 9.17) is 5.73 Å². The number of anilines is 1.